The van der Waals surface area contributed by atoms with Crippen molar-refractivity contribution in [2.24, 2.45) is 5.73 Å². The van der Waals surface area contributed by atoms with Crippen LogP contribution >= 0.6 is 0 Å². The van der Waals surface area contributed by atoms with E-state index in [-0.39, 0.29) is 18.4 Å². The van der Waals surface area contributed by atoms with Gasteiger partial charge in [-0.15, -0.1) is 0 Å². The van der Waals surface area contributed by atoms with Crippen LogP contribution in [0.3, 0.4) is 0 Å². The zero-order chi connectivity index (χ0) is 16.8. The van der Waals surface area contributed by atoms with E-state index < -0.39 is 29.5 Å². The molecule has 0 unspecified atom stereocenters. The zero-order valence-electron chi connectivity index (χ0n) is 12.3. The van der Waals surface area contributed by atoms with Gasteiger partial charge in [-0.1, -0.05) is 36.4 Å². The third-order valence-electron chi connectivity index (χ3n) is 3.33. The molecule has 6 heteroatoms. The highest BCUT2D eigenvalue weighted by molar-refractivity contribution is 5.87. The van der Waals surface area contributed by atoms with Gasteiger partial charge in [0.2, 0.25) is 11.8 Å². The lowest BCUT2D eigenvalue weighted by Gasteiger charge is -2.16. The van der Waals surface area contributed by atoms with E-state index in [1.54, 1.807) is 0 Å². The second kappa shape index (κ2) is 7.49. The number of halogens is 2. The fourth-order valence-corrected chi connectivity index (χ4v) is 2.16. The van der Waals surface area contributed by atoms with Gasteiger partial charge in [-0.2, -0.15) is 0 Å². The lowest BCUT2D eigenvalue weighted by molar-refractivity contribution is -0.127. The van der Waals surface area contributed by atoms with Crippen LogP contribution in [0.5, 0.6) is 0 Å². The summed E-state index contributed by atoms with van der Waals surface area (Å²) in [6.45, 7) is 0. The fraction of sp³-hybridized carbons (Fsp3) is 0.176. The van der Waals surface area contributed by atoms with Crippen molar-refractivity contribution in [1.29, 1.82) is 0 Å². The number of rotatable bonds is 6. The second-order valence-corrected chi connectivity index (χ2v) is 5.12. The summed E-state index contributed by atoms with van der Waals surface area (Å²) in [6.07, 6.45) is -0.0570. The first kappa shape index (κ1) is 16.6. The summed E-state index contributed by atoms with van der Waals surface area (Å²) >= 11 is 0. The van der Waals surface area contributed by atoms with Gasteiger partial charge in [0.15, 0.2) is 0 Å². The fourth-order valence-electron chi connectivity index (χ4n) is 2.16. The first-order chi connectivity index (χ1) is 11.0. The van der Waals surface area contributed by atoms with Gasteiger partial charge in [0.1, 0.15) is 17.7 Å². The molecule has 0 saturated heterocycles. The van der Waals surface area contributed by atoms with E-state index in [2.05, 4.69) is 5.32 Å². The molecule has 2 aromatic rings. The predicted molar refractivity (Wildman–Crippen MR) is 81.3 cm³/mol. The van der Waals surface area contributed by atoms with Crippen LogP contribution in [-0.2, 0) is 22.4 Å². The molecular weight excluding hydrogens is 302 g/mol. The smallest absolute Gasteiger partial charge is 0.240 e. The number of carbonyl (C=O) groups excluding carboxylic acids is 2. The van der Waals surface area contributed by atoms with Crippen molar-refractivity contribution in [1.82, 2.24) is 5.32 Å². The number of benzene rings is 2. The van der Waals surface area contributed by atoms with Gasteiger partial charge in [-0.25, -0.2) is 8.78 Å². The van der Waals surface area contributed by atoms with Crippen LogP contribution in [0.25, 0.3) is 0 Å². The molecule has 0 aliphatic heterocycles. The van der Waals surface area contributed by atoms with Crippen LogP contribution in [-0.4, -0.2) is 17.9 Å². The molecule has 0 radical (unpaired) electrons. The second-order valence-electron chi connectivity index (χ2n) is 5.12. The van der Waals surface area contributed by atoms with Gasteiger partial charge < -0.3 is 11.1 Å². The Bertz CT molecular complexity index is 705. The van der Waals surface area contributed by atoms with E-state index in [1.165, 1.54) is 6.07 Å². The molecule has 0 saturated carbocycles. The quantitative estimate of drug-likeness (QED) is 0.851. The molecule has 3 N–H and O–H groups in total. The molecule has 2 aromatic carbocycles. The summed E-state index contributed by atoms with van der Waals surface area (Å²) < 4.78 is 26.4. The Balaban J connectivity index is 2.02. The summed E-state index contributed by atoms with van der Waals surface area (Å²) in [5.41, 5.74) is 6.18. The van der Waals surface area contributed by atoms with Gasteiger partial charge in [-0.05, 0) is 17.2 Å². The Morgan fingerprint density at radius 1 is 1.09 bits per heavy atom. The van der Waals surface area contributed by atoms with Crippen LogP contribution < -0.4 is 11.1 Å². The maximum Gasteiger partial charge on any atom is 0.240 e. The summed E-state index contributed by atoms with van der Waals surface area (Å²) in [4.78, 5) is 23.5. The van der Waals surface area contributed by atoms with E-state index in [0.29, 0.717) is 6.07 Å². The summed E-state index contributed by atoms with van der Waals surface area (Å²) in [5, 5.41) is 2.48. The molecule has 0 aromatic heterocycles. The van der Waals surface area contributed by atoms with E-state index in [4.69, 9.17) is 5.73 Å². The number of nitrogens with one attached hydrogen (secondary N) is 1. The zero-order valence-corrected chi connectivity index (χ0v) is 12.3. The van der Waals surface area contributed by atoms with Crippen LogP contribution in [0.4, 0.5) is 8.78 Å². The highest BCUT2D eigenvalue weighted by atomic mass is 19.1. The number of hydrogen-bond donors (Lipinski definition) is 2. The summed E-state index contributed by atoms with van der Waals surface area (Å²) in [6, 6.07) is 11.1. The van der Waals surface area contributed by atoms with Gasteiger partial charge in [0.25, 0.3) is 0 Å². The van der Waals surface area contributed by atoms with Crippen molar-refractivity contribution in [3.8, 4) is 0 Å². The topological polar surface area (TPSA) is 72.2 Å². The van der Waals surface area contributed by atoms with Gasteiger partial charge in [0, 0.05) is 12.5 Å². The Hall–Kier alpha value is -2.76. The minimum Gasteiger partial charge on any atom is -0.368 e. The first-order valence-electron chi connectivity index (χ1n) is 7.02. The molecule has 0 aliphatic carbocycles. The molecule has 2 amide bonds. The van der Waals surface area contributed by atoms with Crippen LogP contribution in [0.1, 0.15) is 11.1 Å². The molecule has 1 atom stereocenters. The van der Waals surface area contributed by atoms with Crippen LogP contribution in [0.15, 0.2) is 48.5 Å². The number of hydrogen-bond acceptors (Lipinski definition) is 2. The minimum atomic E-state index is -0.895. The van der Waals surface area contributed by atoms with Gasteiger partial charge >= 0.3 is 0 Å². The number of carbonyl (C=O) groups is 2. The van der Waals surface area contributed by atoms with E-state index in [9.17, 15) is 18.4 Å². The highest BCUT2D eigenvalue weighted by Gasteiger charge is 2.19. The van der Waals surface area contributed by atoms with E-state index in [0.717, 1.165) is 11.6 Å². The predicted octanol–water partition coefficient (Wildman–Crippen LogP) is 1.72. The Morgan fingerprint density at radius 2 is 1.78 bits per heavy atom. The Morgan fingerprint density at radius 3 is 2.39 bits per heavy atom. The number of nitrogens with two attached hydrogens (primary N) is 1. The number of primary amides is 1. The maximum absolute atomic E-state index is 13.5. The Kier molecular flexibility index (Phi) is 5.41. The molecule has 0 spiro atoms. The molecule has 0 bridgehead atoms. The molecular formula is C17H16F2N2O2. The third-order valence-corrected chi connectivity index (χ3v) is 3.33. The molecule has 2 rings (SSSR count). The SMILES string of the molecule is NC(=O)[C@H](Cc1ccccc1)NC(=O)Cc1ccc(F)cc1F. The van der Waals surface area contributed by atoms with Crippen molar-refractivity contribution in [2.45, 2.75) is 18.9 Å². The summed E-state index contributed by atoms with van der Waals surface area (Å²) in [7, 11) is 0. The van der Waals surface area contributed by atoms with E-state index >= 15 is 0 Å². The monoisotopic (exact) mass is 318 g/mol. The summed E-state index contributed by atoms with van der Waals surface area (Å²) in [5.74, 6) is -2.76. The van der Waals surface area contributed by atoms with E-state index in [1.807, 2.05) is 30.3 Å². The van der Waals surface area contributed by atoms with Crippen molar-refractivity contribution in [3.05, 3.63) is 71.3 Å². The van der Waals surface area contributed by atoms with Crippen LogP contribution in [0.2, 0.25) is 0 Å². The van der Waals surface area contributed by atoms with Crippen LogP contribution in [0, 0.1) is 11.6 Å². The standard InChI is InChI=1S/C17H16F2N2O2/c18-13-7-6-12(14(19)10-13)9-16(22)21-15(17(20)23)8-11-4-2-1-3-5-11/h1-7,10,15H,8-9H2,(H2,20,23)(H,21,22)/t15-/m0/s1. The molecule has 120 valence electrons. The highest BCUT2D eigenvalue weighted by Crippen LogP contribution is 2.10. The van der Waals surface area contributed by atoms with Crippen molar-refractivity contribution in [2.75, 3.05) is 0 Å². The molecule has 0 fully saturated rings. The average molecular weight is 318 g/mol. The molecule has 0 aliphatic rings. The average Bonchev–Trinajstić information content (AvgIpc) is 2.50. The largest absolute Gasteiger partial charge is 0.368 e. The molecule has 23 heavy (non-hydrogen) atoms. The number of amides is 2. The minimum absolute atomic E-state index is 0.0480. The molecule has 4 nitrogen and oxygen atoms in total. The lowest BCUT2D eigenvalue weighted by atomic mass is 10.0. The first-order valence-corrected chi connectivity index (χ1v) is 7.02. The lowest BCUT2D eigenvalue weighted by Crippen LogP contribution is -2.46. The van der Waals surface area contributed by atoms with Gasteiger partial charge in [-0.3, -0.25) is 9.59 Å². The molecule has 0 heterocycles. The van der Waals surface area contributed by atoms with Crippen molar-refractivity contribution >= 4 is 11.8 Å². The normalized spacial score (nSPS) is 11.7. The van der Waals surface area contributed by atoms with Gasteiger partial charge in [0.05, 0.1) is 6.42 Å². The Labute approximate surface area is 132 Å². The maximum atomic E-state index is 13.5. The van der Waals surface area contributed by atoms with Crippen molar-refractivity contribution < 1.29 is 18.4 Å². The van der Waals surface area contributed by atoms with Crippen molar-refractivity contribution in [3.63, 3.8) is 0 Å². The third kappa shape index (κ3) is 4.88.